The van der Waals surface area contributed by atoms with Gasteiger partial charge in [0.1, 0.15) is 17.3 Å². The Morgan fingerprint density at radius 3 is 2.52 bits per heavy atom. The van der Waals surface area contributed by atoms with Gasteiger partial charge in [-0.05, 0) is 48.5 Å². The van der Waals surface area contributed by atoms with Crippen molar-refractivity contribution in [1.29, 1.82) is 0 Å². The molecule has 1 aliphatic rings. The van der Waals surface area contributed by atoms with E-state index in [0.29, 0.717) is 32.0 Å². The minimum absolute atomic E-state index is 0.267. The molecule has 1 amide bonds. The van der Waals surface area contributed by atoms with Crippen LogP contribution in [0.2, 0.25) is 0 Å². The molecular formula is C22H14F3NO3S2. The lowest BCUT2D eigenvalue weighted by Crippen LogP contribution is -2.27. The van der Waals surface area contributed by atoms with Crippen molar-refractivity contribution in [2.45, 2.75) is 6.18 Å². The lowest BCUT2D eigenvalue weighted by molar-refractivity contribution is -0.137. The first kappa shape index (κ1) is 21.2. The van der Waals surface area contributed by atoms with Crippen molar-refractivity contribution < 1.29 is 27.1 Å². The van der Waals surface area contributed by atoms with Gasteiger partial charge >= 0.3 is 6.18 Å². The number of methoxy groups -OCH3 is 1. The third-order valence-corrected chi connectivity index (χ3v) is 5.80. The van der Waals surface area contributed by atoms with Crippen LogP contribution in [-0.4, -0.2) is 17.3 Å². The van der Waals surface area contributed by atoms with E-state index < -0.39 is 11.7 Å². The Labute approximate surface area is 185 Å². The van der Waals surface area contributed by atoms with E-state index in [4.69, 9.17) is 21.4 Å². The molecule has 158 valence electrons. The van der Waals surface area contributed by atoms with Gasteiger partial charge in [0.15, 0.2) is 4.32 Å². The smallest absolute Gasteiger partial charge is 0.416 e. The molecule has 1 aliphatic heterocycles. The predicted molar refractivity (Wildman–Crippen MR) is 118 cm³/mol. The number of benzene rings is 2. The van der Waals surface area contributed by atoms with Crippen LogP contribution in [0.15, 0.2) is 70.0 Å². The summed E-state index contributed by atoms with van der Waals surface area (Å²) in [7, 11) is 1.55. The van der Waals surface area contributed by atoms with Crippen LogP contribution in [0.1, 0.15) is 11.3 Å². The molecule has 1 fully saturated rings. The number of thioether (sulfide) groups is 1. The second kappa shape index (κ2) is 8.24. The molecule has 2 heterocycles. The summed E-state index contributed by atoms with van der Waals surface area (Å²) in [5.41, 5.74) is 0.138. The number of furan rings is 1. The van der Waals surface area contributed by atoms with E-state index in [1.165, 1.54) is 23.1 Å². The van der Waals surface area contributed by atoms with Crippen molar-refractivity contribution in [3.63, 3.8) is 0 Å². The molecule has 0 unspecified atom stereocenters. The molecule has 0 aliphatic carbocycles. The Balaban J connectivity index is 1.58. The monoisotopic (exact) mass is 461 g/mol. The summed E-state index contributed by atoms with van der Waals surface area (Å²) in [5, 5.41) is 0. The highest BCUT2D eigenvalue weighted by molar-refractivity contribution is 8.27. The molecule has 0 saturated carbocycles. The van der Waals surface area contributed by atoms with Crippen LogP contribution in [-0.2, 0) is 11.0 Å². The summed E-state index contributed by atoms with van der Waals surface area (Å²) >= 11 is 6.47. The molecule has 0 radical (unpaired) electrons. The number of hydrogen-bond acceptors (Lipinski definition) is 5. The van der Waals surface area contributed by atoms with E-state index in [1.807, 2.05) is 0 Å². The molecule has 3 aromatic rings. The average molecular weight is 461 g/mol. The number of alkyl halides is 3. The van der Waals surface area contributed by atoms with Gasteiger partial charge in [0.2, 0.25) is 0 Å². The molecule has 31 heavy (non-hydrogen) atoms. The zero-order valence-corrected chi connectivity index (χ0v) is 17.6. The van der Waals surface area contributed by atoms with E-state index in [0.717, 1.165) is 23.9 Å². The van der Waals surface area contributed by atoms with E-state index in [9.17, 15) is 18.0 Å². The topological polar surface area (TPSA) is 42.7 Å². The normalized spacial score (nSPS) is 15.7. The van der Waals surface area contributed by atoms with Crippen LogP contribution in [0.3, 0.4) is 0 Å². The lowest BCUT2D eigenvalue weighted by Gasteiger charge is -2.14. The maximum absolute atomic E-state index is 13.0. The van der Waals surface area contributed by atoms with Crippen LogP contribution in [0.4, 0.5) is 18.9 Å². The zero-order chi connectivity index (χ0) is 22.2. The lowest BCUT2D eigenvalue weighted by atomic mass is 10.1. The van der Waals surface area contributed by atoms with Gasteiger partial charge in [0.25, 0.3) is 5.91 Å². The number of halogens is 3. The van der Waals surface area contributed by atoms with Crippen molar-refractivity contribution in [2.75, 3.05) is 12.0 Å². The molecule has 9 heteroatoms. The average Bonchev–Trinajstić information content (AvgIpc) is 3.32. The van der Waals surface area contributed by atoms with Gasteiger partial charge in [-0.15, -0.1) is 0 Å². The van der Waals surface area contributed by atoms with Crippen molar-refractivity contribution >= 4 is 46.0 Å². The van der Waals surface area contributed by atoms with Gasteiger partial charge in [-0.1, -0.05) is 36.1 Å². The number of ether oxygens (including phenoxy) is 1. The molecule has 0 bridgehead atoms. The van der Waals surface area contributed by atoms with Crippen LogP contribution in [0.5, 0.6) is 5.75 Å². The number of rotatable bonds is 4. The summed E-state index contributed by atoms with van der Waals surface area (Å²) in [6.45, 7) is 0. The van der Waals surface area contributed by atoms with Gasteiger partial charge in [-0.3, -0.25) is 9.69 Å². The van der Waals surface area contributed by atoms with Crippen LogP contribution in [0.25, 0.3) is 17.4 Å². The third kappa shape index (κ3) is 4.38. The number of hydrogen-bond donors (Lipinski definition) is 0. The number of amides is 1. The number of carbonyl (C=O) groups is 1. The second-order valence-electron chi connectivity index (χ2n) is 6.50. The highest BCUT2D eigenvalue weighted by atomic mass is 32.2. The fourth-order valence-corrected chi connectivity index (χ4v) is 4.26. The first-order chi connectivity index (χ1) is 14.8. The highest BCUT2D eigenvalue weighted by Gasteiger charge is 2.34. The highest BCUT2D eigenvalue weighted by Crippen LogP contribution is 2.37. The van der Waals surface area contributed by atoms with Gasteiger partial charge < -0.3 is 9.15 Å². The van der Waals surface area contributed by atoms with Crippen molar-refractivity contribution in [2.24, 2.45) is 0 Å². The van der Waals surface area contributed by atoms with Crippen molar-refractivity contribution in [3.8, 4) is 17.1 Å². The Morgan fingerprint density at radius 1 is 1.10 bits per heavy atom. The predicted octanol–water partition coefficient (Wildman–Crippen LogP) is 6.38. The van der Waals surface area contributed by atoms with E-state index in [1.54, 1.807) is 43.5 Å². The molecule has 1 aromatic heterocycles. The van der Waals surface area contributed by atoms with E-state index >= 15 is 0 Å². The fourth-order valence-electron chi connectivity index (χ4n) is 2.99. The van der Waals surface area contributed by atoms with Crippen LogP contribution >= 0.6 is 24.0 Å². The first-order valence-electron chi connectivity index (χ1n) is 8.96. The molecular weight excluding hydrogens is 447 g/mol. The Bertz CT molecular complexity index is 1180. The molecule has 0 atom stereocenters. The quantitative estimate of drug-likeness (QED) is 0.333. The van der Waals surface area contributed by atoms with Crippen molar-refractivity contribution in [3.05, 3.63) is 76.9 Å². The maximum Gasteiger partial charge on any atom is 0.416 e. The van der Waals surface area contributed by atoms with Crippen LogP contribution < -0.4 is 9.64 Å². The number of carbonyl (C=O) groups excluding carboxylic acids is 1. The second-order valence-corrected chi connectivity index (χ2v) is 8.17. The largest absolute Gasteiger partial charge is 0.497 e. The van der Waals surface area contributed by atoms with Gasteiger partial charge in [-0.25, -0.2) is 0 Å². The summed E-state index contributed by atoms with van der Waals surface area (Å²) < 4.78 is 50.0. The molecule has 0 N–H and O–H groups in total. The Kier molecular flexibility index (Phi) is 5.63. The van der Waals surface area contributed by atoms with E-state index in [2.05, 4.69) is 0 Å². The summed E-state index contributed by atoms with van der Waals surface area (Å²) in [4.78, 5) is 14.6. The molecule has 1 saturated heterocycles. The molecule has 4 rings (SSSR count). The Morgan fingerprint density at radius 2 is 1.84 bits per heavy atom. The minimum Gasteiger partial charge on any atom is -0.497 e. The van der Waals surface area contributed by atoms with Gasteiger partial charge in [-0.2, -0.15) is 13.2 Å². The number of anilines is 1. The van der Waals surface area contributed by atoms with Gasteiger partial charge in [0, 0.05) is 11.6 Å². The number of thiocarbonyl (C=S) groups is 1. The molecule has 4 nitrogen and oxygen atoms in total. The van der Waals surface area contributed by atoms with E-state index in [-0.39, 0.29) is 11.7 Å². The third-order valence-electron chi connectivity index (χ3n) is 4.50. The molecule has 0 spiro atoms. The summed E-state index contributed by atoms with van der Waals surface area (Å²) in [6.07, 6.45) is -2.92. The molecule has 2 aromatic carbocycles. The first-order valence-corrected chi connectivity index (χ1v) is 10.2. The van der Waals surface area contributed by atoms with Crippen LogP contribution in [0, 0.1) is 0 Å². The number of nitrogens with zero attached hydrogens (tertiary/aromatic N) is 1. The minimum atomic E-state index is -4.44. The summed E-state index contributed by atoms with van der Waals surface area (Å²) in [6, 6.07) is 14.9. The maximum atomic E-state index is 13.0. The fraction of sp³-hybridized carbons (Fsp3) is 0.0909. The Hall–Kier alpha value is -3.04. The SMILES string of the molecule is COc1ccc(N2C(=O)/C(=C\c3ccc(-c4cccc(C(F)(F)F)c4)o3)SC2=S)cc1. The van der Waals surface area contributed by atoms with Gasteiger partial charge in [0.05, 0.1) is 23.3 Å². The zero-order valence-electron chi connectivity index (χ0n) is 16.0. The van der Waals surface area contributed by atoms with Crippen molar-refractivity contribution in [1.82, 2.24) is 0 Å². The summed E-state index contributed by atoms with van der Waals surface area (Å²) in [5.74, 6) is 0.949. The standard InChI is InChI=1S/C22H14F3NO3S2/c1-28-16-7-5-15(6-8-16)26-20(27)19(31-21(26)30)12-17-9-10-18(29-17)13-3-2-4-14(11-13)22(23,24)25/h2-12H,1H3/b19-12+.